The molecular weight excluding hydrogens is 197 g/mol. The van der Waals surface area contributed by atoms with Crippen LogP contribution in [0.2, 0.25) is 0 Å². The van der Waals surface area contributed by atoms with Crippen LogP contribution in [0.15, 0.2) is 4.52 Å². The third-order valence-electron chi connectivity index (χ3n) is 1.40. The molecule has 0 unspecified atom stereocenters. The van der Waals surface area contributed by atoms with E-state index in [-0.39, 0.29) is 11.2 Å². The third-order valence-corrected chi connectivity index (χ3v) is 1.40. The van der Waals surface area contributed by atoms with Crippen LogP contribution < -0.4 is 0 Å². The van der Waals surface area contributed by atoms with Gasteiger partial charge < -0.3 is 4.52 Å². The molecule has 14 heavy (non-hydrogen) atoms. The molecule has 0 atom stereocenters. The largest absolute Gasteiger partial charge is 0.471 e. The second kappa shape index (κ2) is 3.25. The Labute approximate surface area is 79.3 Å². The fourth-order valence-electron chi connectivity index (χ4n) is 0.915. The summed E-state index contributed by atoms with van der Waals surface area (Å²) in [5.41, 5.74) is -0.160. The number of hydrogen-bond acceptors (Lipinski definition) is 3. The summed E-state index contributed by atoms with van der Waals surface area (Å²) in [6.07, 6.45) is -4.20. The highest BCUT2D eigenvalue weighted by atomic mass is 19.4. The Morgan fingerprint density at radius 2 is 1.79 bits per heavy atom. The minimum Gasteiger partial charge on any atom is -0.329 e. The van der Waals surface area contributed by atoms with E-state index in [9.17, 15) is 13.2 Å². The predicted molar refractivity (Wildman–Crippen MR) is 42.5 cm³/mol. The lowest BCUT2D eigenvalue weighted by molar-refractivity contribution is -0.159. The molecule has 6 heteroatoms. The molecule has 1 aromatic rings. The molecule has 0 bridgehead atoms. The Morgan fingerprint density at radius 1 is 1.21 bits per heavy atom. The SMILES string of the molecule is CC(C)(C)Cc1noc(C(F)(F)F)n1. The smallest absolute Gasteiger partial charge is 0.329 e. The zero-order valence-electron chi connectivity index (χ0n) is 8.14. The summed E-state index contributed by atoms with van der Waals surface area (Å²) >= 11 is 0. The van der Waals surface area contributed by atoms with Crippen LogP contribution in [-0.4, -0.2) is 10.1 Å². The average molecular weight is 208 g/mol. The van der Waals surface area contributed by atoms with Crippen LogP contribution in [0.1, 0.15) is 32.5 Å². The first-order chi connectivity index (χ1) is 6.18. The molecule has 80 valence electrons. The van der Waals surface area contributed by atoms with Gasteiger partial charge in [0.1, 0.15) is 0 Å². The number of nitrogens with zero attached hydrogens (tertiary/aromatic N) is 2. The first kappa shape index (κ1) is 11.0. The van der Waals surface area contributed by atoms with Crippen molar-refractivity contribution in [1.82, 2.24) is 10.1 Å². The van der Waals surface area contributed by atoms with Crippen molar-refractivity contribution in [2.24, 2.45) is 5.41 Å². The minimum atomic E-state index is -4.55. The van der Waals surface area contributed by atoms with Crippen LogP contribution >= 0.6 is 0 Å². The maximum absolute atomic E-state index is 12.0. The van der Waals surface area contributed by atoms with Gasteiger partial charge in [-0.25, -0.2) is 0 Å². The molecule has 0 amide bonds. The van der Waals surface area contributed by atoms with Crippen LogP contribution in [0, 0.1) is 5.41 Å². The molecular formula is C8H11F3N2O. The number of hydrogen-bond donors (Lipinski definition) is 0. The van der Waals surface area contributed by atoms with Crippen molar-refractivity contribution in [3.8, 4) is 0 Å². The van der Waals surface area contributed by atoms with E-state index in [1.54, 1.807) is 0 Å². The molecule has 0 radical (unpaired) electrons. The zero-order chi connectivity index (χ0) is 11.0. The van der Waals surface area contributed by atoms with Gasteiger partial charge in [-0.1, -0.05) is 25.9 Å². The highest BCUT2D eigenvalue weighted by Gasteiger charge is 2.38. The summed E-state index contributed by atoms with van der Waals surface area (Å²) in [4.78, 5) is 3.26. The molecule has 0 aliphatic rings. The molecule has 0 aromatic carbocycles. The lowest BCUT2D eigenvalue weighted by Crippen LogP contribution is -2.11. The molecule has 0 saturated heterocycles. The Hall–Kier alpha value is -1.07. The lowest BCUT2D eigenvalue weighted by atomic mass is 9.92. The van der Waals surface area contributed by atoms with Gasteiger partial charge in [0.2, 0.25) is 0 Å². The van der Waals surface area contributed by atoms with Gasteiger partial charge in [0.05, 0.1) is 0 Å². The van der Waals surface area contributed by atoms with E-state index >= 15 is 0 Å². The van der Waals surface area contributed by atoms with Gasteiger partial charge in [0, 0.05) is 6.42 Å². The lowest BCUT2D eigenvalue weighted by Gasteiger charge is -2.14. The second-order valence-corrected chi connectivity index (χ2v) is 4.25. The average Bonchev–Trinajstić information content (AvgIpc) is 2.29. The second-order valence-electron chi connectivity index (χ2n) is 4.25. The highest BCUT2D eigenvalue weighted by molar-refractivity contribution is 4.92. The molecule has 0 fully saturated rings. The summed E-state index contributed by atoms with van der Waals surface area (Å²) < 4.78 is 40.2. The molecule has 1 aromatic heterocycles. The topological polar surface area (TPSA) is 38.9 Å². The summed E-state index contributed by atoms with van der Waals surface area (Å²) in [5, 5.41) is 3.26. The molecule has 1 heterocycles. The third kappa shape index (κ3) is 3.01. The summed E-state index contributed by atoms with van der Waals surface area (Å²) in [5.74, 6) is -1.19. The Kier molecular flexibility index (Phi) is 2.56. The zero-order valence-corrected chi connectivity index (χ0v) is 8.14. The van der Waals surface area contributed by atoms with Crippen molar-refractivity contribution in [3.63, 3.8) is 0 Å². The number of aromatic nitrogens is 2. The van der Waals surface area contributed by atoms with E-state index < -0.39 is 12.1 Å². The summed E-state index contributed by atoms with van der Waals surface area (Å²) in [6.45, 7) is 5.66. The Bertz CT molecular complexity index is 311. The van der Waals surface area contributed by atoms with E-state index in [1.165, 1.54) is 0 Å². The fraction of sp³-hybridized carbons (Fsp3) is 0.750. The highest BCUT2D eigenvalue weighted by Crippen LogP contribution is 2.28. The monoisotopic (exact) mass is 208 g/mol. The number of halogens is 3. The molecule has 0 N–H and O–H groups in total. The van der Waals surface area contributed by atoms with Crippen LogP contribution in [0.4, 0.5) is 13.2 Å². The van der Waals surface area contributed by atoms with E-state index in [0.29, 0.717) is 6.42 Å². The fourth-order valence-corrected chi connectivity index (χ4v) is 0.915. The normalized spacial score (nSPS) is 13.3. The number of rotatable bonds is 1. The van der Waals surface area contributed by atoms with Crippen molar-refractivity contribution in [3.05, 3.63) is 11.7 Å². The molecule has 0 aliphatic heterocycles. The molecule has 0 saturated carbocycles. The van der Waals surface area contributed by atoms with Gasteiger partial charge in [-0.3, -0.25) is 0 Å². The van der Waals surface area contributed by atoms with E-state index in [2.05, 4.69) is 14.7 Å². The Balaban J connectivity index is 2.79. The quantitative estimate of drug-likeness (QED) is 0.712. The van der Waals surface area contributed by atoms with Crippen LogP contribution in [-0.2, 0) is 12.6 Å². The number of alkyl halides is 3. The molecule has 3 nitrogen and oxygen atoms in total. The predicted octanol–water partition coefficient (Wildman–Crippen LogP) is 2.68. The first-order valence-corrected chi connectivity index (χ1v) is 4.08. The summed E-state index contributed by atoms with van der Waals surface area (Å²) in [6, 6.07) is 0. The maximum Gasteiger partial charge on any atom is 0.471 e. The van der Waals surface area contributed by atoms with Crippen LogP contribution in [0.3, 0.4) is 0 Å². The van der Waals surface area contributed by atoms with Crippen molar-refractivity contribution in [1.29, 1.82) is 0 Å². The van der Waals surface area contributed by atoms with E-state index in [1.807, 2.05) is 20.8 Å². The van der Waals surface area contributed by atoms with Gasteiger partial charge in [0.15, 0.2) is 5.82 Å². The van der Waals surface area contributed by atoms with Gasteiger partial charge >= 0.3 is 12.1 Å². The maximum atomic E-state index is 12.0. The molecule has 0 spiro atoms. The van der Waals surface area contributed by atoms with Crippen molar-refractivity contribution in [2.45, 2.75) is 33.4 Å². The van der Waals surface area contributed by atoms with Crippen LogP contribution in [0.5, 0.6) is 0 Å². The first-order valence-electron chi connectivity index (χ1n) is 4.08. The summed E-state index contributed by atoms with van der Waals surface area (Å²) in [7, 11) is 0. The van der Waals surface area contributed by atoms with Gasteiger partial charge in [0.25, 0.3) is 0 Å². The van der Waals surface area contributed by atoms with Gasteiger partial charge in [-0.2, -0.15) is 18.2 Å². The standard InChI is InChI=1S/C8H11F3N2O/c1-7(2,3)4-5-12-6(14-13-5)8(9,10)11/h4H2,1-3H3. The van der Waals surface area contributed by atoms with E-state index in [4.69, 9.17) is 0 Å². The molecule has 1 rings (SSSR count). The van der Waals surface area contributed by atoms with Crippen molar-refractivity contribution in [2.75, 3.05) is 0 Å². The minimum absolute atomic E-state index is 0.0878. The van der Waals surface area contributed by atoms with Crippen molar-refractivity contribution >= 4 is 0 Å². The van der Waals surface area contributed by atoms with Crippen molar-refractivity contribution < 1.29 is 17.7 Å². The van der Waals surface area contributed by atoms with E-state index in [0.717, 1.165) is 0 Å². The van der Waals surface area contributed by atoms with Crippen LogP contribution in [0.25, 0.3) is 0 Å². The van der Waals surface area contributed by atoms with Gasteiger partial charge in [-0.15, -0.1) is 0 Å². The molecule has 0 aliphatic carbocycles. The Morgan fingerprint density at radius 3 is 2.14 bits per heavy atom. The van der Waals surface area contributed by atoms with Gasteiger partial charge in [-0.05, 0) is 5.41 Å².